The van der Waals surface area contributed by atoms with Gasteiger partial charge in [0, 0.05) is 23.4 Å². The average molecular weight is 311 g/mol. The lowest BCUT2D eigenvalue weighted by Gasteiger charge is -2.41. The standard InChI is InChI=1S/C15H23BrN2/c1-3-15(4-2)5-7-18(8-6-15)12-13-9-14(16)11-17-10-13/h9-11H,3-8,12H2,1-2H3. The molecule has 0 unspecified atom stereocenters. The molecule has 18 heavy (non-hydrogen) atoms. The first-order chi connectivity index (χ1) is 8.67. The van der Waals surface area contributed by atoms with Gasteiger partial charge in [0.15, 0.2) is 0 Å². The first-order valence-electron chi connectivity index (χ1n) is 6.99. The van der Waals surface area contributed by atoms with Crippen LogP contribution in [-0.2, 0) is 6.54 Å². The van der Waals surface area contributed by atoms with Crippen molar-refractivity contribution in [2.45, 2.75) is 46.1 Å². The second kappa shape index (κ2) is 6.16. The number of rotatable bonds is 4. The quantitative estimate of drug-likeness (QED) is 0.826. The van der Waals surface area contributed by atoms with Crippen LogP contribution in [-0.4, -0.2) is 23.0 Å². The summed E-state index contributed by atoms with van der Waals surface area (Å²) in [5.41, 5.74) is 1.93. The molecule has 0 N–H and O–H groups in total. The van der Waals surface area contributed by atoms with E-state index in [1.165, 1.54) is 44.3 Å². The Hall–Kier alpha value is -0.410. The smallest absolute Gasteiger partial charge is 0.0410 e. The summed E-state index contributed by atoms with van der Waals surface area (Å²) in [4.78, 5) is 6.80. The molecule has 1 aliphatic heterocycles. The van der Waals surface area contributed by atoms with Crippen molar-refractivity contribution in [1.82, 2.24) is 9.88 Å². The third kappa shape index (κ3) is 3.33. The maximum absolute atomic E-state index is 4.24. The Morgan fingerprint density at radius 1 is 1.22 bits per heavy atom. The predicted molar refractivity (Wildman–Crippen MR) is 79.5 cm³/mol. The monoisotopic (exact) mass is 310 g/mol. The maximum atomic E-state index is 4.24. The summed E-state index contributed by atoms with van der Waals surface area (Å²) < 4.78 is 1.08. The summed E-state index contributed by atoms with van der Waals surface area (Å²) in [5, 5.41) is 0. The lowest BCUT2D eigenvalue weighted by molar-refractivity contribution is 0.0908. The lowest BCUT2D eigenvalue weighted by Crippen LogP contribution is -2.39. The van der Waals surface area contributed by atoms with Crippen molar-refractivity contribution >= 4 is 15.9 Å². The van der Waals surface area contributed by atoms with Gasteiger partial charge in [0.25, 0.3) is 0 Å². The fourth-order valence-electron chi connectivity index (χ4n) is 2.94. The fraction of sp³-hybridized carbons (Fsp3) is 0.667. The third-order valence-corrected chi connectivity index (χ3v) is 5.02. The van der Waals surface area contributed by atoms with Gasteiger partial charge in [-0.25, -0.2) is 0 Å². The van der Waals surface area contributed by atoms with E-state index in [0.29, 0.717) is 5.41 Å². The Labute approximate surface area is 119 Å². The van der Waals surface area contributed by atoms with Crippen LogP contribution >= 0.6 is 15.9 Å². The Kier molecular flexibility index (Phi) is 4.79. The van der Waals surface area contributed by atoms with Crippen molar-refractivity contribution in [2.24, 2.45) is 5.41 Å². The van der Waals surface area contributed by atoms with Crippen molar-refractivity contribution in [3.8, 4) is 0 Å². The molecule has 0 spiro atoms. The predicted octanol–water partition coefficient (Wildman–Crippen LogP) is 4.25. The van der Waals surface area contributed by atoms with E-state index in [-0.39, 0.29) is 0 Å². The van der Waals surface area contributed by atoms with E-state index in [2.05, 4.69) is 45.7 Å². The number of pyridine rings is 1. The van der Waals surface area contributed by atoms with Gasteiger partial charge in [-0.3, -0.25) is 9.88 Å². The molecule has 0 aromatic carbocycles. The van der Waals surface area contributed by atoms with Crippen LogP contribution in [0.1, 0.15) is 45.1 Å². The maximum Gasteiger partial charge on any atom is 0.0410 e. The highest BCUT2D eigenvalue weighted by Gasteiger charge is 2.30. The summed E-state index contributed by atoms with van der Waals surface area (Å²) in [7, 11) is 0. The van der Waals surface area contributed by atoms with Crippen molar-refractivity contribution in [1.29, 1.82) is 0 Å². The molecule has 0 aliphatic carbocycles. The molecule has 2 heterocycles. The first kappa shape index (κ1) is 14.0. The minimum atomic E-state index is 0.617. The van der Waals surface area contributed by atoms with Gasteiger partial charge in [-0.2, -0.15) is 0 Å². The van der Waals surface area contributed by atoms with Crippen LogP contribution in [0.2, 0.25) is 0 Å². The van der Waals surface area contributed by atoms with E-state index in [1.54, 1.807) is 0 Å². The van der Waals surface area contributed by atoms with Gasteiger partial charge in [0.2, 0.25) is 0 Å². The van der Waals surface area contributed by atoms with Gasteiger partial charge in [0.1, 0.15) is 0 Å². The normalized spacial score (nSPS) is 19.9. The molecule has 2 nitrogen and oxygen atoms in total. The third-order valence-electron chi connectivity index (χ3n) is 4.58. The second-order valence-electron chi connectivity index (χ2n) is 5.49. The van der Waals surface area contributed by atoms with Gasteiger partial charge in [-0.1, -0.05) is 26.7 Å². The van der Waals surface area contributed by atoms with Gasteiger partial charge in [-0.05, 0) is 58.9 Å². The van der Waals surface area contributed by atoms with Gasteiger partial charge >= 0.3 is 0 Å². The molecule has 0 bridgehead atoms. The topological polar surface area (TPSA) is 16.1 Å². The van der Waals surface area contributed by atoms with Crippen LogP contribution in [0.4, 0.5) is 0 Å². The summed E-state index contributed by atoms with van der Waals surface area (Å²) in [6.07, 6.45) is 9.18. The minimum absolute atomic E-state index is 0.617. The lowest BCUT2D eigenvalue weighted by atomic mass is 9.74. The molecular weight excluding hydrogens is 288 g/mol. The summed E-state index contributed by atoms with van der Waals surface area (Å²) in [5.74, 6) is 0. The van der Waals surface area contributed by atoms with E-state index < -0.39 is 0 Å². The first-order valence-corrected chi connectivity index (χ1v) is 7.78. The van der Waals surface area contributed by atoms with Crippen LogP contribution in [0, 0.1) is 5.41 Å². The van der Waals surface area contributed by atoms with E-state index in [1.807, 2.05) is 12.4 Å². The molecule has 1 saturated heterocycles. The van der Waals surface area contributed by atoms with Crippen molar-refractivity contribution < 1.29 is 0 Å². The largest absolute Gasteiger partial charge is 0.299 e. The zero-order valence-corrected chi connectivity index (χ0v) is 13.0. The molecule has 2 rings (SSSR count). The number of aromatic nitrogens is 1. The Balaban J connectivity index is 1.91. The van der Waals surface area contributed by atoms with Crippen molar-refractivity contribution in [3.05, 3.63) is 28.5 Å². The number of piperidine rings is 1. The van der Waals surface area contributed by atoms with Gasteiger partial charge < -0.3 is 0 Å². The van der Waals surface area contributed by atoms with Crippen LogP contribution in [0.5, 0.6) is 0 Å². The molecule has 0 atom stereocenters. The molecule has 0 saturated carbocycles. The number of nitrogens with zero attached hydrogens (tertiary/aromatic N) is 2. The van der Waals surface area contributed by atoms with Crippen LogP contribution in [0.15, 0.2) is 22.9 Å². The molecule has 0 amide bonds. The average Bonchev–Trinajstić information content (AvgIpc) is 2.40. The minimum Gasteiger partial charge on any atom is -0.299 e. The summed E-state index contributed by atoms with van der Waals surface area (Å²) in [6, 6.07) is 2.18. The van der Waals surface area contributed by atoms with Crippen LogP contribution < -0.4 is 0 Å². The highest BCUT2D eigenvalue weighted by molar-refractivity contribution is 9.10. The fourth-order valence-corrected chi connectivity index (χ4v) is 3.36. The molecule has 1 fully saturated rings. The van der Waals surface area contributed by atoms with Crippen molar-refractivity contribution in [3.63, 3.8) is 0 Å². The second-order valence-corrected chi connectivity index (χ2v) is 6.41. The van der Waals surface area contributed by atoms with Crippen molar-refractivity contribution in [2.75, 3.05) is 13.1 Å². The Morgan fingerprint density at radius 3 is 2.44 bits per heavy atom. The van der Waals surface area contributed by atoms with E-state index >= 15 is 0 Å². The molecular formula is C15H23BrN2. The number of halogens is 1. The van der Waals surface area contributed by atoms with Gasteiger partial charge in [-0.15, -0.1) is 0 Å². The Bertz CT molecular complexity index is 378. The summed E-state index contributed by atoms with van der Waals surface area (Å²) >= 11 is 3.49. The van der Waals surface area contributed by atoms with Gasteiger partial charge in [0.05, 0.1) is 0 Å². The number of hydrogen-bond donors (Lipinski definition) is 0. The van der Waals surface area contributed by atoms with Crippen LogP contribution in [0.25, 0.3) is 0 Å². The molecule has 1 aromatic rings. The zero-order chi connectivity index (χ0) is 13.0. The van der Waals surface area contributed by atoms with E-state index in [9.17, 15) is 0 Å². The molecule has 0 radical (unpaired) electrons. The zero-order valence-electron chi connectivity index (χ0n) is 11.5. The highest BCUT2D eigenvalue weighted by atomic mass is 79.9. The number of likely N-dealkylation sites (tertiary alicyclic amines) is 1. The van der Waals surface area contributed by atoms with E-state index in [0.717, 1.165) is 11.0 Å². The number of hydrogen-bond acceptors (Lipinski definition) is 2. The van der Waals surface area contributed by atoms with Crippen LogP contribution in [0.3, 0.4) is 0 Å². The molecule has 3 heteroatoms. The molecule has 1 aromatic heterocycles. The SMILES string of the molecule is CCC1(CC)CCN(Cc2cncc(Br)c2)CC1. The molecule has 1 aliphatic rings. The summed E-state index contributed by atoms with van der Waals surface area (Å²) in [6.45, 7) is 8.19. The Morgan fingerprint density at radius 2 is 1.89 bits per heavy atom. The van der Waals surface area contributed by atoms with E-state index in [4.69, 9.17) is 0 Å². The molecule has 100 valence electrons. The highest BCUT2D eigenvalue weighted by Crippen LogP contribution is 2.38.